The standard InChI is InChI=1S/C12H10ClN7S/c13-8-3-1-2-4-9(8)21-12-17-10(19-14)16-11(18-12)20-6-5-15-7-20/h1-7H,14H2,(H,16,17,18,19). The highest BCUT2D eigenvalue weighted by atomic mass is 35.5. The highest BCUT2D eigenvalue weighted by Gasteiger charge is 2.10. The maximum atomic E-state index is 6.14. The summed E-state index contributed by atoms with van der Waals surface area (Å²) in [4.78, 5) is 17.6. The first-order chi connectivity index (χ1) is 10.3. The van der Waals surface area contributed by atoms with Gasteiger partial charge in [0.2, 0.25) is 11.9 Å². The molecular weight excluding hydrogens is 310 g/mol. The Hall–Kier alpha value is -2.16. The molecule has 0 radical (unpaired) electrons. The van der Waals surface area contributed by atoms with Gasteiger partial charge in [-0.1, -0.05) is 23.7 Å². The molecule has 1 aromatic carbocycles. The van der Waals surface area contributed by atoms with Gasteiger partial charge in [0.25, 0.3) is 0 Å². The van der Waals surface area contributed by atoms with E-state index in [1.165, 1.54) is 11.8 Å². The molecule has 3 N–H and O–H groups in total. The summed E-state index contributed by atoms with van der Waals surface area (Å²) < 4.78 is 1.67. The summed E-state index contributed by atoms with van der Waals surface area (Å²) in [5.74, 6) is 6.09. The van der Waals surface area contributed by atoms with Crippen LogP contribution in [0.4, 0.5) is 5.95 Å². The van der Waals surface area contributed by atoms with Gasteiger partial charge in [0, 0.05) is 17.3 Å². The average Bonchev–Trinajstić information content (AvgIpc) is 3.04. The quantitative estimate of drug-likeness (QED) is 0.562. The van der Waals surface area contributed by atoms with E-state index in [9.17, 15) is 0 Å². The van der Waals surface area contributed by atoms with Gasteiger partial charge in [0.15, 0.2) is 5.16 Å². The molecule has 0 aliphatic carbocycles. The first-order valence-electron chi connectivity index (χ1n) is 5.89. The third kappa shape index (κ3) is 3.13. The van der Waals surface area contributed by atoms with Crippen LogP contribution >= 0.6 is 23.4 Å². The van der Waals surface area contributed by atoms with Crippen LogP contribution in [0.25, 0.3) is 5.95 Å². The van der Waals surface area contributed by atoms with E-state index >= 15 is 0 Å². The van der Waals surface area contributed by atoms with Gasteiger partial charge in [0.1, 0.15) is 6.33 Å². The summed E-state index contributed by atoms with van der Waals surface area (Å²) in [5, 5.41) is 1.11. The number of hydrazine groups is 1. The number of nitrogens with two attached hydrogens (primary N) is 1. The summed E-state index contributed by atoms with van der Waals surface area (Å²) in [5.41, 5.74) is 2.43. The number of rotatable bonds is 4. The van der Waals surface area contributed by atoms with E-state index in [0.29, 0.717) is 16.1 Å². The molecule has 106 valence electrons. The first kappa shape index (κ1) is 13.8. The Morgan fingerprint density at radius 2 is 2.05 bits per heavy atom. The Bertz CT molecular complexity index is 747. The minimum atomic E-state index is 0.267. The summed E-state index contributed by atoms with van der Waals surface area (Å²) in [6.07, 6.45) is 4.97. The molecule has 0 spiro atoms. The molecule has 0 bridgehead atoms. The van der Waals surface area contributed by atoms with Gasteiger partial charge in [0.05, 0.1) is 5.02 Å². The second kappa shape index (κ2) is 6.08. The summed E-state index contributed by atoms with van der Waals surface area (Å²) in [6, 6.07) is 7.46. The molecule has 9 heteroatoms. The SMILES string of the molecule is NNc1nc(Sc2ccccc2Cl)nc(-n2ccnc2)n1. The molecule has 0 atom stereocenters. The number of benzene rings is 1. The van der Waals surface area contributed by atoms with Crippen LogP contribution in [0.3, 0.4) is 0 Å². The minimum Gasteiger partial charge on any atom is -0.292 e. The summed E-state index contributed by atoms with van der Waals surface area (Å²) >= 11 is 7.47. The van der Waals surface area contributed by atoms with Crippen molar-refractivity contribution in [3.05, 3.63) is 48.0 Å². The second-order valence-corrected chi connectivity index (χ2v) is 5.30. The van der Waals surface area contributed by atoms with Gasteiger partial charge in [-0.2, -0.15) is 15.0 Å². The lowest BCUT2D eigenvalue weighted by molar-refractivity contribution is 0.824. The van der Waals surface area contributed by atoms with Crippen molar-refractivity contribution in [2.45, 2.75) is 10.1 Å². The average molecular weight is 320 g/mol. The fourth-order valence-electron chi connectivity index (χ4n) is 1.57. The summed E-state index contributed by atoms with van der Waals surface area (Å²) in [7, 11) is 0. The van der Waals surface area contributed by atoms with Gasteiger partial charge < -0.3 is 0 Å². The van der Waals surface area contributed by atoms with Crippen LogP contribution < -0.4 is 11.3 Å². The van der Waals surface area contributed by atoms with Crippen molar-refractivity contribution < 1.29 is 0 Å². The molecule has 0 unspecified atom stereocenters. The fraction of sp³-hybridized carbons (Fsp3) is 0. The van der Waals surface area contributed by atoms with Gasteiger partial charge >= 0.3 is 0 Å². The molecule has 0 aliphatic rings. The zero-order valence-corrected chi connectivity index (χ0v) is 12.2. The van der Waals surface area contributed by atoms with Crippen LogP contribution in [0, 0.1) is 0 Å². The Balaban J connectivity index is 1.99. The zero-order valence-electron chi connectivity index (χ0n) is 10.6. The van der Waals surface area contributed by atoms with Crippen LogP contribution in [0.1, 0.15) is 0 Å². The van der Waals surface area contributed by atoms with Crippen molar-refractivity contribution in [2.75, 3.05) is 5.43 Å². The number of imidazole rings is 1. The second-order valence-electron chi connectivity index (χ2n) is 3.89. The van der Waals surface area contributed by atoms with E-state index in [0.717, 1.165) is 4.90 Å². The minimum absolute atomic E-state index is 0.267. The van der Waals surface area contributed by atoms with E-state index in [2.05, 4.69) is 25.4 Å². The van der Waals surface area contributed by atoms with Crippen LogP contribution in [-0.4, -0.2) is 24.5 Å². The predicted molar refractivity (Wildman–Crippen MR) is 80.3 cm³/mol. The normalized spacial score (nSPS) is 10.6. The molecule has 0 aliphatic heterocycles. The van der Waals surface area contributed by atoms with E-state index in [4.69, 9.17) is 17.4 Å². The number of hydrogen-bond acceptors (Lipinski definition) is 7. The highest BCUT2D eigenvalue weighted by molar-refractivity contribution is 7.99. The largest absolute Gasteiger partial charge is 0.292 e. The van der Waals surface area contributed by atoms with Crippen molar-refractivity contribution in [3.8, 4) is 5.95 Å². The number of nitrogens with zero attached hydrogens (tertiary/aromatic N) is 5. The molecule has 2 heterocycles. The lowest BCUT2D eigenvalue weighted by Crippen LogP contribution is -2.13. The van der Waals surface area contributed by atoms with Gasteiger partial charge in [-0.3, -0.25) is 9.99 Å². The molecule has 0 saturated heterocycles. The Labute approximate surface area is 129 Å². The van der Waals surface area contributed by atoms with E-state index < -0.39 is 0 Å². The number of nitrogens with one attached hydrogen (secondary N) is 1. The topological polar surface area (TPSA) is 94.5 Å². The maximum absolute atomic E-state index is 6.14. The number of halogens is 1. The lowest BCUT2D eigenvalue weighted by atomic mass is 10.4. The van der Waals surface area contributed by atoms with E-state index in [-0.39, 0.29) is 5.95 Å². The smallest absolute Gasteiger partial charge is 0.242 e. The monoisotopic (exact) mass is 319 g/mol. The van der Waals surface area contributed by atoms with Crippen LogP contribution in [0.15, 0.2) is 53.0 Å². The van der Waals surface area contributed by atoms with Crippen LogP contribution in [-0.2, 0) is 0 Å². The number of hydrogen-bond donors (Lipinski definition) is 2. The van der Waals surface area contributed by atoms with Crippen molar-refractivity contribution in [2.24, 2.45) is 5.84 Å². The van der Waals surface area contributed by atoms with Crippen molar-refractivity contribution in [3.63, 3.8) is 0 Å². The Kier molecular flexibility index (Phi) is 4.00. The molecule has 0 amide bonds. The third-order valence-electron chi connectivity index (χ3n) is 2.51. The third-order valence-corrected chi connectivity index (χ3v) is 3.89. The van der Waals surface area contributed by atoms with Gasteiger partial charge in [-0.25, -0.2) is 10.8 Å². The first-order valence-corrected chi connectivity index (χ1v) is 7.09. The Morgan fingerprint density at radius 1 is 1.19 bits per heavy atom. The van der Waals surface area contributed by atoms with Crippen LogP contribution in [0.2, 0.25) is 5.02 Å². The highest BCUT2D eigenvalue weighted by Crippen LogP contribution is 2.31. The number of nitrogen functional groups attached to an aromatic ring is 1. The zero-order chi connectivity index (χ0) is 14.7. The molecule has 0 saturated carbocycles. The molecular formula is C12H10ClN7S. The van der Waals surface area contributed by atoms with Gasteiger partial charge in [-0.05, 0) is 23.9 Å². The molecule has 0 fully saturated rings. The number of anilines is 1. The van der Waals surface area contributed by atoms with Crippen molar-refractivity contribution >= 4 is 29.3 Å². The predicted octanol–water partition coefficient (Wildman–Crippen LogP) is 2.15. The molecule has 21 heavy (non-hydrogen) atoms. The number of aromatic nitrogens is 5. The molecule has 2 aromatic heterocycles. The van der Waals surface area contributed by atoms with Crippen LogP contribution in [0.5, 0.6) is 0 Å². The van der Waals surface area contributed by atoms with Gasteiger partial charge in [-0.15, -0.1) is 0 Å². The fourth-order valence-corrected chi connectivity index (χ4v) is 2.59. The lowest BCUT2D eigenvalue weighted by Gasteiger charge is -2.07. The maximum Gasteiger partial charge on any atom is 0.242 e. The molecule has 7 nitrogen and oxygen atoms in total. The summed E-state index contributed by atoms with van der Waals surface area (Å²) in [6.45, 7) is 0. The van der Waals surface area contributed by atoms with Crippen molar-refractivity contribution in [1.29, 1.82) is 0 Å². The molecule has 3 aromatic rings. The Morgan fingerprint density at radius 3 is 2.76 bits per heavy atom. The molecule has 3 rings (SSSR count). The van der Waals surface area contributed by atoms with E-state index in [1.807, 2.05) is 24.3 Å². The van der Waals surface area contributed by atoms with E-state index in [1.54, 1.807) is 23.3 Å². The van der Waals surface area contributed by atoms with Crippen molar-refractivity contribution in [1.82, 2.24) is 24.5 Å².